The van der Waals surface area contributed by atoms with E-state index in [4.69, 9.17) is 11.0 Å². The highest BCUT2D eigenvalue weighted by Crippen LogP contribution is 2.24. The van der Waals surface area contributed by atoms with Gasteiger partial charge in [-0.25, -0.2) is 4.68 Å². The zero-order valence-corrected chi connectivity index (χ0v) is 11.8. The van der Waals surface area contributed by atoms with E-state index in [1.54, 1.807) is 24.3 Å². The van der Waals surface area contributed by atoms with Crippen LogP contribution < -0.4 is 11.1 Å². The van der Waals surface area contributed by atoms with Gasteiger partial charge in [0.2, 0.25) is 0 Å². The molecule has 2 aromatic rings. The van der Waals surface area contributed by atoms with E-state index in [9.17, 15) is 5.26 Å². The van der Waals surface area contributed by atoms with E-state index in [2.05, 4.69) is 29.5 Å². The van der Waals surface area contributed by atoms with Crippen molar-refractivity contribution in [3.63, 3.8) is 0 Å². The summed E-state index contributed by atoms with van der Waals surface area (Å²) in [5.74, 6) is 0.748. The van der Waals surface area contributed by atoms with Crippen LogP contribution in [0, 0.1) is 22.7 Å². The van der Waals surface area contributed by atoms with Crippen LogP contribution in [0.25, 0.3) is 5.69 Å². The van der Waals surface area contributed by atoms with Gasteiger partial charge in [0.15, 0.2) is 5.82 Å². The molecular formula is C15H16N6. The Morgan fingerprint density at radius 2 is 2.14 bits per heavy atom. The van der Waals surface area contributed by atoms with Crippen LogP contribution in [0.3, 0.4) is 0 Å². The molecule has 106 valence electrons. The van der Waals surface area contributed by atoms with Crippen LogP contribution in [0.5, 0.6) is 0 Å². The second-order valence-electron chi connectivity index (χ2n) is 4.57. The van der Waals surface area contributed by atoms with Gasteiger partial charge in [0.05, 0.1) is 17.3 Å². The van der Waals surface area contributed by atoms with Crippen LogP contribution in [0.15, 0.2) is 24.3 Å². The number of benzene rings is 1. The highest BCUT2D eigenvalue weighted by Gasteiger charge is 2.16. The highest BCUT2D eigenvalue weighted by molar-refractivity contribution is 5.66. The van der Waals surface area contributed by atoms with Gasteiger partial charge in [-0.2, -0.15) is 10.5 Å². The molecule has 6 nitrogen and oxygen atoms in total. The quantitative estimate of drug-likeness (QED) is 0.818. The summed E-state index contributed by atoms with van der Waals surface area (Å²) in [6.07, 6.45) is 2.04. The molecule has 21 heavy (non-hydrogen) atoms. The molecule has 0 spiro atoms. The van der Waals surface area contributed by atoms with Crippen LogP contribution in [0.4, 0.5) is 11.6 Å². The summed E-state index contributed by atoms with van der Waals surface area (Å²) >= 11 is 0. The summed E-state index contributed by atoms with van der Waals surface area (Å²) in [5.41, 5.74) is 7.50. The molecule has 3 N–H and O–H groups in total. The lowest BCUT2D eigenvalue weighted by Crippen LogP contribution is -2.04. The Kier molecular flexibility index (Phi) is 4.43. The second kappa shape index (κ2) is 6.44. The Bertz CT molecular complexity index is 717. The molecule has 0 saturated heterocycles. The van der Waals surface area contributed by atoms with Gasteiger partial charge in [-0.3, -0.25) is 0 Å². The Morgan fingerprint density at radius 1 is 1.33 bits per heavy atom. The van der Waals surface area contributed by atoms with Gasteiger partial charge in [-0.05, 0) is 24.6 Å². The highest BCUT2D eigenvalue weighted by atomic mass is 15.3. The van der Waals surface area contributed by atoms with Crippen molar-refractivity contribution in [2.45, 2.75) is 19.8 Å². The number of hydrogen-bond acceptors (Lipinski definition) is 5. The number of unbranched alkanes of at least 4 members (excludes halogenated alkanes) is 1. The van der Waals surface area contributed by atoms with Crippen molar-refractivity contribution in [2.75, 3.05) is 17.6 Å². The van der Waals surface area contributed by atoms with E-state index in [0.717, 1.165) is 19.4 Å². The number of aromatic nitrogens is 2. The third-order valence-electron chi connectivity index (χ3n) is 3.08. The molecule has 0 saturated carbocycles. The minimum absolute atomic E-state index is 0.270. The Hall–Kier alpha value is -2.99. The second-order valence-corrected chi connectivity index (χ2v) is 4.57. The van der Waals surface area contributed by atoms with Crippen molar-refractivity contribution < 1.29 is 0 Å². The van der Waals surface area contributed by atoms with Crippen LogP contribution in [-0.4, -0.2) is 16.3 Å². The van der Waals surface area contributed by atoms with Crippen molar-refractivity contribution in [3.05, 3.63) is 35.4 Å². The van der Waals surface area contributed by atoms with Gasteiger partial charge in [-0.1, -0.05) is 19.4 Å². The molecule has 0 aliphatic carbocycles. The standard InChI is InChI=1S/C15H16N6/c1-2-3-7-19-15-13(10-17)14(18)21(20-15)12-6-4-5-11(8-12)9-16/h4-6,8H,2-3,7,18H2,1H3,(H,19,20). The van der Waals surface area contributed by atoms with Crippen molar-refractivity contribution in [1.82, 2.24) is 9.78 Å². The summed E-state index contributed by atoms with van der Waals surface area (Å²) in [6.45, 7) is 2.83. The Balaban J connectivity index is 2.41. The summed E-state index contributed by atoms with van der Waals surface area (Å²) in [4.78, 5) is 0. The lowest BCUT2D eigenvalue weighted by atomic mass is 10.2. The SMILES string of the molecule is CCCCNc1nn(-c2cccc(C#N)c2)c(N)c1C#N. The van der Waals surface area contributed by atoms with E-state index < -0.39 is 0 Å². The van der Waals surface area contributed by atoms with E-state index in [1.165, 1.54) is 4.68 Å². The van der Waals surface area contributed by atoms with Gasteiger partial charge < -0.3 is 11.1 Å². The predicted octanol–water partition coefficient (Wildman–Crippen LogP) is 2.41. The van der Waals surface area contributed by atoms with E-state index >= 15 is 0 Å². The molecule has 0 unspecified atom stereocenters. The summed E-state index contributed by atoms with van der Waals surface area (Å²) in [5, 5.41) is 25.7. The monoisotopic (exact) mass is 280 g/mol. The molecule has 0 aliphatic rings. The summed E-state index contributed by atoms with van der Waals surface area (Å²) < 4.78 is 1.48. The van der Waals surface area contributed by atoms with Gasteiger partial charge in [0.25, 0.3) is 0 Å². The average Bonchev–Trinajstić information content (AvgIpc) is 2.83. The lowest BCUT2D eigenvalue weighted by molar-refractivity contribution is 0.822. The van der Waals surface area contributed by atoms with Gasteiger partial charge in [-0.15, -0.1) is 5.10 Å². The normalized spacial score (nSPS) is 9.86. The van der Waals surface area contributed by atoms with Crippen molar-refractivity contribution >= 4 is 11.6 Å². The molecule has 1 aromatic carbocycles. The largest absolute Gasteiger partial charge is 0.382 e. The van der Waals surface area contributed by atoms with E-state index in [0.29, 0.717) is 22.6 Å². The van der Waals surface area contributed by atoms with Crippen molar-refractivity contribution in [2.24, 2.45) is 0 Å². The molecular weight excluding hydrogens is 264 g/mol. The number of rotatable bonds is 5. The zero-order valence-electron chi connectivity index (χ0n) is 11.8. The zero-order chi connectivity index (χ0) is 15.2. The fourth-order valence-corrected chi connectivity index (χ4v) is 1.95. The molecule has 0 atom stereocenters. The summed E-state index contributed by atoms with van der Waals surface area (Å²) in [7, 11) is 0. The fourth-order valence-electron chi connectivity index (χ4n) is 1.95. The third kappa shape index (κ3) is 2.96. The minimum Gasteiger partial charge on any atom is -0.382 e. The van der Waals surface area contributed by atoms with Crippen LogP contribution in [0.1, 0.15) is 30.9 Å². The Labute approximate surface area is 123 Å². The smallest absolute Gasteiger partial charge is 0.168 e. The molecule has 1 heterocycles. The van der Waals surface area contributed by atoms with Crippen molar-refractivity contribution in [1.29, 1.82) is 10.5 Å². The third-order valence-corrected chi connectivity index (χ3v) is 3.08. The molecule has 0 radical (unpaired) electrons. The van der Waals surface area contributed by atoms with E-state index in [-0.39, 0.29) is 5.82 Å². The first kappa shape index (κ1) is 14.4. The van der Waals surface area contributed by atoms with E-state index in [1.807, 2.05) is 0 Å². The number of anilines is 2. The number of hydrogen-bond donors (Lipinski definition) is 2. The maximum absolute atomic E-state index is 9.24. The molecule has 0 amide bonds. The molecule has 2 rings (SSSR count). The number of nitrogens with zero attached hydrogens (tertiary/aromatic N) is 4. The van der Waals surface area contributed by atoms with Crippen molar-refractivity contribution in [3.8, 4) is 17.8 Å². The molecule has 6 heteroatoms. The van der Waals surface area contributed by atoms with Gasteiger partial charge in [0.1, 0.15) is 17.5 Å². The minimum atomic E-state index is 0.270. The predicted molar refractivity (Wildman–Crippen MR) is 80.8 cm³/mol. The topological polar surface area (TPSA) is 103 Å². The van der Waals surface area contributed by atoms with Crippen LogP contribution >= 0.6 is 0 Å². The first-order valence-corrected chi connectivity index (χ1v) is 6.74. The number of nitrogens with two attached hydrogens (primary N) is 1. The van der Waals surface area contributed by atoms with Crippen LogP contribution in [0.2, 0.25) is 0 Å². The Morgan fingerprint density at radius 3 is 2.81 bits per heavy atom. The first-order chi connectivity index (χ1) is 10.2. The lowest BCUT2D eigenvalue weighted by Gasteiger charge is -2.03. The van der Waals surface area contributed by atoms with Crippen LogP contribution in [-0.2, 0) is 0 Å². The molecule has 1 aromatic heterocycles. The van der Waals surface area contributed by atoms with Gasteiger partial charge in [0, 0.05) is 6.54 Å². The maximum atomic E-state index is 9.24. The molecule has 0 fully saturated rings. The summed E-state index contributed by atoms with van der Waals surface area (Å²) in [6, 6.07) is 11.1. The number of nitrogen functional groups attached to an aromatic ring is 1. The fraction of sp³-hybridized carbons (Fsp3) is 0.267. The van der Waals surface area contributed by atoms with Gasteiger partial charge >= 0.3 is 0 Å². The first-order valence-electron chi connectivity index (χ1n) is 6.74. The maximum Gasteiger partial charge on any atom is 0.168 e. The number of nitriles is 2. The molecule has 0 bridgehead atoms. The number of nitrogens with one attached hydrogen (secondary N) is 1. The molecule has 0 aliphatic heterocycles. The average molecular weight is 280 g/mol.